The van der Waals surface area contributed by atoms with Crippen LogP contribution >= 0.6 is 0 Å². The number of carbonyl (C=O) groups excluding carboxylic acids is 1. The summed E-state index contributed by atoms with van der Waals surface area (Å²) in [4.78, 5) is 26.1. The number of nitrogens with zero attached hydrogens (tertiary/aromatic N) is 2. The second-order valence-corrected chi connectivity index (χ2v) is 4.29. The normalized spacial score (nSPS) is 11.7. The number of amides is 2. The third kappa shape index (κ3) is 6.24. The fourth-order valence-corrected chi connectivity index (χ4v) is 1.58. The Morgan fingerprint density at radius 3 is 2.53 bits per heavy atom. The Hall–Kier alpha value is -1.56. The molecular formula is C13H24N2O4. The number of carbonyl (C=O) groups is 2. The van der Waals surface area contributed by atoms with E-state index in [0.717, 1.165) is 0 Å². The number of hydrogen-bond donors (Lipinski definition) is 1. The lowest BCUT2D eigenvalue weighted by atomic mass is 10.2. The minimum Gasteiger partial charge on any atom is -0.480 e. The van der Waals surface area contributed by atoms with Gasteiger partial charge in [0.2, 0.25) is 0 Å². The molecule has 6 nitrogen and oxygen atoms in total. The van der Waals surface area contributed by atoms with Crippen LogP contribution in [0.1, 0.15) is 20.3 Å². The van der Waals surface area contributed by atoms with Gasteiger partial charge < -0.3 is 19.6 Å². The van der Waals surface area contributed by atoms with Crippen LogP contribution < -0.4 is 0 Å². The van der Waals surface area contributed by atoms with E-state index < -0.39 is 5.97 Å². The summed E-state index contributed by atoms with van der Waals surface area (Å²) in [6.45, 7) is 8.25. The summed E-state index contributed by atoms with van der Waals surface area (Å²) in [5.41, 5.74) is 0. The Bertz CT molecular complexity index is 307. The first kappa shape index (κ1) is 17.4. The molecule has 0 radical (unpaired) electrons. The number of methoxy groups -OCH3 is 1. The number of carboxylic acid groups (broad SMARTS) is 1. The molecule has 0 saturated heterocycles. The van der Waals surface area contributed by atoms with Crippen molar-refractivity contribution in [2.45, 2.75) is 26.3 Å². The quantitative estimate of drug-likeness (QED) is 0.645. The van der Waals surface area contributed by atoms with Gasteiger partial charge >= 0.3 is 12.0 Å². The summed E-state index contributed by atoms with van der Waals surface area (Å²) in [7, 11) is 1.56. The fourth-order valence-electron chi connectivity index (χ4n) is 1.58. The molecular weight excluding hydrogens is 248 g/mol. The first-order chi connectivity index (χ1) is 8.97. The molecule has 0 fully saturated rings. The van der Waals surface area contributed by atoms with E-state index in [1.165, 1.54) is 9.80 Å². The summed E-state index contributed by atoms with van der Waals surface area (Å²) in [5, 5.41) is 8.91. The molecule has 2 amide bonds. The van der Waals surface area contributed by atoms with Crippen LogP contribution in [0.5, 0.6) is 0 Å². The summed E-state index contributed by atoms with van der Waals surface area (Å²) >= 11 is 0. The van der Waals surface area contributed by atoms with Crippen molar-refractivity contribution >= 4 is 12.0 Å². The molecule has 110 valence electrons. The van der Waals surface area contributed by atoms with Gasteiger partial charge in [0.05, 0.1) is 6.61 Å². The fraction of sp³-hybridized carbons (Fsp3) is 0.692. The second-order valence-electron chi connectivity index (χ2n) is 4.29. The highest BCUT2D eigenvalue weighted by Gasteiger charge is 2.25. The minimum absolute atomic E-state index is 0.126. The molecule has 0 aliphatic carbocycles. The van der Waals surface area contributed by atoms with Gasteiger partial charge in [0.15, 0.2) is 0 Å². The average Bonchev–Trinajstić information content (AvgIpc) is 2.39. The van der Waals surface area contributed by atoms with E-state index in [4.69, 9.17) is 9.84 Å². The van der Waals surface area contributed by atoms with Crippen LogP contribution in [0.15, 0.2) is 12.7 Å². The molecule has 0 spiro atoms. The van der Waals surface area contributed by atoms with Crippen molar-refractivity contribution < 1.29 is 19.4 Å². The van der Waals surface area contributed by atoms with Crippen LogP contribution in [0.2, 0.25) is 0 Å². The second kappa shape index (κ2) is 9.38. The number of hydrogen-bond acceptors (Lipinski definition) is 3. The molecule has 0 bridgehead atoms. The summed E-state index contributed by atoms with van der Waals surface area (Å²) in [6, 6.07) is -0.424. The molecule has 0 rings (SSSR count). The first-order valence-corrected chi connectivity index (χ1v) is 6.35. The van der Waals surface area contributed by atoms with Gasteiger partial charge in [0.25, 0.3) is 0 Å². The van der Waals surface area contributed by atoms with Crippen LogP contribution in [-0.4, -0.2) is 66.3 Å². The monoisotopic (exact) mass is 272 g/mol. The maximum absolute atomic E-state index is 12.4. The topological polar surface area (TPSA) is 70.1 Å². The Kier molecular flexibility index (Phi) is 8.61. The molecule has 0 saturated carbocycles. The van der Waals surface area contributed by atoms with Crippen molar-refractivity contribution in [2.75, 3.05) is 33.4 Å². The summed E-state index contributed by atoms with van der Waals surface area (Å²) in [6.07, 6.45) is 2.31. The predicted molar refractivity (Wildman–Crippen MR) is 73.1 cm³/mol. The lowest BCUT2D eigenvalue weighted by Gasteiger charge is -2.32. The summed E-state index contributed by atoms with van der Waals surface area (Å²) in [5.74, 6) is -1.01. The highest BCUT2D eigenvalue weighted by molar-refractivity contribution is 5.80. The number of urea groups is 1. The minimum atomic E-state index is -1.01. The zero-order valence-electron chi connectivity index (χ0n) is 12.0. The van der Waals surface area contributed by atoms with Gasteiger partial charge in [0, 0.05) is 26.2 Å². The largest absolute Gasteiger partial charge is 0.480 e. The zero-order chi connectivity index (χ0) is 14.8. The van der Waals surface area contributed by atoms with Crippen molar-refractivity contribution in [1.29, 1.82) is 0 Å². The van der Waals surface area contributed by atoms with Crippen LogP contribution in [0, 0.1) is 0 Å². The zero-order valence-corrected chi connectivity index (χ0v) is 12.0. The molecule has 0 aliphatic rings. The van der Waals surface area contributed by atoms with E-state index in [9.17, 15) is 9.59 Å². The van der Waals surface area contributed by atoms with Gasteiger partial charge in [-0.05, 0) is 13.3 Å². The molecule has 1 N–H and O–H groups in total. The molecule has 0 aromatic heterocycles. The standard InChI is InChI=1S/C13H24N2O4/c1-5-7-14(8-9-19-4)13(18)15(10-12(16)17)11(3)6-2/h5,11H,1,6-10H2,2-4H3,(H,16,17). The average molecular weight is 272 g/mol. The van der Waals surface area contributed by atoms with Gasteiger partial charge in [-0.2, -0.15) is 0 Å². The third-order valence-electron chi connectivity index (χ3n) is 2.86. The van der Waals surface area contributed by atoms with Crippen molar-refractivity contribution in [3.63, 3.8) is 0 Å². The predicted octanol–water partition coefficient (Wildman–Crippen LogP) is 1.43. The van der Waals surface area contributed by atoms with E-state index in [2.05, 4.69) is 6.58 Å². The molecule has 1 atom stereocenters. The Morgan fingerprint density at radius 2 is 2.11 bits per heavy atom. The SMILES string of the molecule is C=CCN(CCOC)C(=O)N(CC(=O)O)C(C)CC. The van der Waals surface area contributed by atoms with Crippen LogP contribution in [0.4, 0.5) is 4.79 Å². The van der Waals surface area contributed by atoms with Gasteiger partial charge in [-0.1, -0.05) is 13.0 Å². The lowest BCUT2D eigenvalue weighted by Crippen LogP contribution is -2.50. The van der Waals surface area contributed by atoms with Gasteiger partial charge in [-0.15, -0.1) is 6.58 Å². The Morgan fingerprint density at radius 1 is 1.47 bits per heavy atom. The maximum Gasteiger partial charge on any atom is 0.323 e. The molecule has 6 heteroatoms. The van der Waals surface area contributed by atoms with E-state index in [1.54, 1.807) is 13.2 Å². The highest BCUT2D eigenvalue weighted by Crippen LogP contribution is 2.08. The molecule has 0 aromatic carbocycles. The van der Waals surface area contributed by atoms with Crippen LogP contribution in [0.3, 0.4) is 0 Å². The maximum atomic E-state index is 12.4. The van der Waals surface area contributed by atoms with E-state index in [1.807, 2.05) is 13.8 Å². The Labute approximate surface area is 114 Å². The molecule has 0 aromatic rings. The lowest BCUT2D eigenvalue weighted by molar-refractivity contribution is -0.138. The Balaban J connectivity index is 4.88. The number of rotatable bonds is 9. The van der Waals surface area contributed by atoms with Crippen molar-refractivity contribution in [3.05, 3.63) is 12.7 Å². The molecule has 19 heavy (non-hydrogen) atoms. The molecule has 0 heterocycles. The van der Waals surface area contributed by atoms with Crippen LogP contribution in [0.25, 0.3) is 0 Å². The van der Waals surface area contributed by atoms with Crippen LogP contribution in [-0.2, 0) is 9.53 Å². The third-order valence-corrected chi connectivity index (χ3v) is 2.86. The van der Waals surface area contributed by atoms with Crippen molar-refractivity contribution in [3.8, 4) is 0 Å². The molecule has 0 aliphatic heterocycles. The highest BCUT2D eigenvalue weighted by atomic mass is 16.5. The van der Waals surface area contributed by atoms with Gasteiger partial charge in [-0.3, -0.25) is 4.79 Å². The smallest absolute Gasteiger partial charge is 0.323 e. The van der Waals surface area contributed by atoms with Gasteiger partial charge in [0.1, 0.15) is 6.54 Å². The van der Waals surface area contributed by atoms with Crippen molar-refractivity contribution in [1.82, 2.24) is 9.80 Å². The number of carboxylic acids is 1. The van der Waals surface area contributed by atoms with E-state index >= 15 is 0 Å². The number of ether oxygens (including phenoxy) is 1. The van der Waals surface area contributed by atoms with Gasteiger partial charge in [-0.25, -0.2) is 4.79 Å². The molecule has 1 unspecified atom stereocenters. The van der Waals surface area contributed by atoms with E-state index in [0.29, 0.717) is 26.1 Å². The number of aliphatic carboxylic acids is 1. The van der Waals surface area contributed by atoms with E-state index in [-0.39, 0.29) is 18.6 Å². The first-order valence-electron chi connectivity index (χ1n) is 6.35. The van der Waals surface area contributed by atoms with Crippen molar-refractivity contribution in [2.24, 2.45) is 0 Å². The summed E-state index contributed by atoms with van der Waals surface area (Å²) < 4.78 is 4.95.